The van der Waals surface area contributed by atoms with Gasteiger partial charge in [0.1, 0.15) is 5.56 Å². The predicted octanol–water partition coefficient (Wildman–Crippen LogP) is 2.34. The monoisotopic (exact) mass is 318 g/mol. The molecule has 4 N–H and O–H groups in total. The third-order valence-corrected chi connectivity index (χ3v) is 3.67. The Morgan fingerprint density at radius 1 is 1.32 bits per heavy atom. The number of benzene rings is 1. The summed E-state index contributed by atoms with van der Waals surface area (Å²) in [7, 11) is 0. The van der Waals surface area contributed by atoms with Crippen LogP contribution in [0.5, 0.6) is 0 Å². The Morgan fingerprint density at radius 3 is 2.50 bits per heavy atom. The molecule has 1 amide bonds. The van der Waals surface area contributed by atoms with Gasteiger partial charge in [-0.15, -0.1) is 0 Å². The van der Waals surface area contributed by atoms with E-state index in [1.807, 2.05) is 39.0 Å². The average Bonchev–Trinajstić information content (AvgIpc) is 2.36. The van der Waals surface area contributed by atoms with Gasteiger partial charge in [0, 0.05) is 5.69 Å². The molecule has 2 aromatic rings. The highest BCUT2D eigenvalue weighted by Crippen LogP contribution is 2.21. The van der Waals surface area contributed by atoms with Gasteiger partial charge in [0.25, 0.3) is 11.5 Å². The van der Waals surface area contributed by atoms with Crippen molar-refractivity contribution in [1.29, 1.82) is 0 Å². The first-order chi connectivity index (χ1) is 10.4. The lowest BCUT2D eigenvalue weighted by atomic mass is 10.1. The zero-order valence-corrected chi connectivity index (χ0v) is 13.5. The van der Waals surface area contributed by atoms with Crippen molar-refractivity contribution in [1.82, 2.24) is 9.97 Å². The maximum Gasteiger partial charge on any atom is 0.266 e. The Labute approximate surface area is 132 Å². The minimum absolute atomic E-state index is 0.167. The number of nitrogens with zero attached hydrogens (tertiary/aromatic N) is 1. The maximum absolute atomic E-state index is 12.1. The molecule has 0 spiro atoms. The second-order valence-electron chi connectivity index (χ2n) is 4.89. The number of thioether (sulfide) groups is 1. The molecule has 2 rings (SSSR count). The van der Waals surface area contributed by atoms with Crippen LogP contribution in [0.2, 0.25) is 0 Å². The van der Waals surface area contributed by atoms with Gasteiger partial charge in [-0.1, -0.05) is 24.8 Å². The van der Waals surface area contributed by atoms with Gasteiger partial charge in [0.05, 0.1) is 0 Å². The summed E-state index contributed by atoms with van der Waals surface area (Å²) in [6.45, 7) is 5.89. The van der Waals surface area contributed by atoms with E-state index >= 15 is 0 Å². The summed E-state index contributed by atoms with van der Waals surface area (Å²) in [4.78, 5) is 30.5. The highest BCUT2D eigenvalue weighted by atomic mass is 32.2. The molecule has 116 valence electrons. The Hall–Kier alpha value is -2.28. The van der Waals surface area contributed by atoms with Crippen molar-refractivity contribution >= 4 is 29.2 Å². The van der Waals surface area contributed by atoms with Gasteiger partial charge in [-0.3, -0.25) is 9.59 Å². The molecule has 0 atom stereocenters. The fourth-order valence-electron chi connectivity index (χ4n) is 2.16. The molecule has 22 heavy (non-hydrogen) atoms. The van der Waals surface area contributed by atoms with Crippen molar-refractivity contribution in [3.8, 4) is 0 Å². The topological polar surface area (TPSA) is 101 Å². The van der Waals surface area contributed by atoms with Gasteiger partial charge in [0.2, 0.25) is 0 Å². The number of aromatic nitrogens is 2. The minimum Gasteiger partial charge on any atom is -0.365 e. The van der Waals surface area contributed by atoms with Crippen molar-refractivity contribution < 1.29 is 4.79 Å². The van der Waals surface area contributed by atoms with Crippen LogP contribution in [0.4, 0.5) is 11.5 Å². The van der Waals surface area contributed by atoms with E-state index in [1.165, 1.54) is 11.8 Å². The smallest absolute Gasteiger partial charge is 0.266 e. The molecule has 6 nitrogen and oxygen atoms in total. The highest BCUT2D eigenvalue weighted by Gasteiger charge is 2.17. The quantitative estimate of drug-likeness (QED) is 0.580. The number of primary amides is 1. The average molecular weight is 318 g/mol. The largest absolute Gasteiger partial charge is 0.365 e. The van der Waals surface area contributed by atoms with E-state index < -0.39 is 11.5 Å². The van der Waals surface area contributed by atoms with Crippen LogP contribution in [-0.4, -0.2) is 21.6 Å². The van der Waals surface area contributed by atoms with Crippen molar-refractivity contribution in [3.63, 3.8) is 0 Å². The van der Waals surface area contributed by atoms with Crippen LogP contribution < -0.4 is 16.6 Å². The van der Waals surface area contributed by atoms with Crippen LogP contribution in [0.3, 0.4) is 0 Å². The number of hydrogen-bond donors (Lipinski definition) is 3. The summed E-state index contributed by atoms with van der Waals surface area (Å²) in [6, 6.07) is 5.85. The van der Waals surface area contributed by atoms with Gasteiger partial charge < -0.3 is 16.0 Å². The van der Waals surface area contributed by atoms with Gasteiger partial charge in [-0.2, -0.15) is 0 Å². The first-order valence-corrected chi connectivity index (χ1v) is 7.81. The molecule has 1 aromatic carbocycles. The fourth-order valence-corrected chi connectivity index (χ4v) is 2.75. The number of aryl methyl sites for hydroxylation is 2. The molecule has 0 aliphatic rings. The van der Waals surface area contributed by atoms with E-state index in [0.29, 0.717) is 5.16 Å². The molecule has 1 heterocycles. The molecule has 0 aliphatic heterocycles. The molecule has 0 unspecified atom stereocenters. The Morgan fingerprint density at radius 2 is 1.95 bits per heavy atom. The van der Waals surface area contributed by atoms with Crippen LogP contribution >= 0.6 is 11.8 Å². The summed E-state index contributed by atoms with van der Waals surface area (Å²) >= 11 is 1.38. The first kappa shape index (κ1) is 16.1. The van der Waals surface area contributed by atoms with Crippen molar-refractivity contribution in [3.05, 3.63) is 45.2 Å². The summed E-state index contributed by atoms with van der Waals surface area (Å²) in [6.07, 6.45) is 0. The van der Waals surface area contributed by atoms with Crippen LogP contribution in [-0.2, 0) is 0 Å². The highest BCUT2D eigenvalue weighted by molar-refractivity contribution is 7.99. The van der Waals surface area contributed by atoms with Crippen LogP contribution in [0, 0.1) is 13.8 Å². The van der Waals surface area contributed by atoms with Gasteiger partial charge in [-0.25, -0.2) is 4.98 Å². The number of H-pyrrole nitrogens is 1. The normalized spacial score (nSPS) is 10.5. The summed E-state index contributed by atoms with van der Waals surface area (Å²) in [5.41, 5.74) is 7.49. The molecule has 1 aromatic heterocycles. The summed E-state index contributed by atoms with van der Waals surface area (Å²) in [5.74, 6) is 0.118. The SMILES string of the molecule is CCSc1nc(Nc2cc(C)cc(C)c2)c(C(N)=O)c(=O)[nH]1. The fraction of sp³-hybridized carbons (Fsp3) is 0.267. The zero-order valence-electron chi connectivity index (χ0n) is 12.7. The number of anilines is 2. The second-order valence-corrected chi connectivity index (χ2v) is 6.15. The second kappa shape index (κ2) is 6.65. The third kappa shape index (κ3) is 3.67. The lowest BCUT2D eigenvalue weighted by Crippen LogP contribution is -2.26. The number of amides is 1. The van der Waals surface area contributed by atoms with Crippen LogP contribution in [0.15, 0.2) is 28.2 Å². The zero-order chi connectivity index (χ0) is 16.3. The number of hydrogen-bond acceptors (Lipinski definition) is 5. The van der Waals surface area contributed by atoms with E-state index in [9.17, 15) is 9.59 Å². The number of carbonyl (C=O) groups excluding carboxylic acids is 1. The van der Waals surface area contributed by atoms with E-state index in [2.05, 4.69) is 15.3 Å². The number of aromatic amines is 1. The van der Waals surface area contributed by atoms with Crippen LogP contribution in [0.25, 0.3) is 0 Å². The molecular formula is C15H18N4O2S. The van der Waals surface area contributed by atoms with Gasteiger partial charge >= 0.3 is 0 Å². The number of nitrogens with one attached hydrogen (secondary N) is 2. The first-order valence-electron chi connectivity index (χ1n) is 6.83. The molecular weight excluding hydrogens is 300 g/mol. The Kier molecular flexibility index (Phi) is 4.87. The number of carbonyl (C=O) groups is 1. The van der Waals surface area contributed by atoms with E-state index in [4.69, 9.17) is 5.73 Å². The maximum atomic E-state index is 12.1. The summed E-state index contributed by atoms with van der Waals surface area (Å²) in [5, 5.41) is 3.48. The molecule has 0 saturated heterocycles. The Bertz CT molecular complexity index is 750. The Balaban J connectivity index is 2.51. The van der Waals surface area contributed by atoms with E-state index in [-0.39, 0.29) is 11.4 Å². The number of rotatable bonds is 5. The molecule has 0 aliphatic carbocycles. The molecule has 0 fully saturated rings. The minimum atomic E-state index is -0.811. The van der Waals surface area contributed by atoms with E-state index in [0.717, 1.165) is 22.6 Å². The van der Waals surface area contributed by atoms with Gasteiger partial charge in [0.15, 0.2) is 11.0 Å². The molecule has 0 radical (unpaired) electrons. The van der Waals surface area contributed by atoms with Crippen molar-refractivity contribution in [2.45, 2.75) is 25.9 Å². The van der Waals surface area contributed by atoms with Crippen molar-refractivity contribution in [2.75, 3.05) is 11.1 Å². The molecule has 0 saturated carbocycles. The van der Waals surface area contributed by atoms with Crippen LogP contribution in [0.1, 0.15) is 28.4 Å². The van der Waals surface area contributed by atoms with E-state index in [1.54, 1.807) is 0 Å². The predicted molar refractivity (Wildman–Crippen MR) is 89.0 cm³/mol. The third-order valence-electron chi connectivity index (χ3n) is 2.91. The number of nitrogens with two attached hydrogens (primary N) is 1. The lowest BCUT2D eigenvalue weighted by molar-refractivity contribution is 0.0999. The standard InChI is InChI=1S/C15H18N4O2S/c1-4-22-15-18-13(11(12(16)20)14(21)19-15)17-10-6-8(2)5-9(3)7-10/h5-7H,4H2,1-3H3,(H2,16,20)(H2,17,18,19,21). The summed E-state index contributed by atoms with van der Waals surface area (Å²) < 4.78 is 0. The molecule has 0 bridgehead atoms. The molecule has 7 heteroatoms. The lowest BCUT2D eigenvalue weighted by Gasteiger charge is -2.11. The van der Waals surface area contributed by atoms with Crippen molar-refractivity contribution in [2.24, 2.45) is 5.73 Å². The van der Waals surface area contributed by atoms with Gasteiger partial charge in [-0.05, 0) is 42.9 Å².